The fourth-order valence-corrected chi connectivity index (χ4v) is 0.365. The van der Waals surface area contributed by atoms with E-state index in [0.717, 1.165) is 0 Å². The van der Waals surface area contributed by atoms with Crippen molar-refractivity contribution in [1.82, 2.24) is 9.97 Å². The highest BCUT2D eigenvalue weighted by molar-refractivity contribution is 6.28. The highest BCUT2D eigenvalue weighted by Gasteiger charge is 1.77. The van der Waals surface area contributed by atoms with Gasteiger partial charge in [-0.2, -0.15) is 0 Å². The van der Waals surface area contributed by atoms with Crippen LogP contribution in [0.3, 0.4) is 0 Å². The smallest absolute Gasteiger partial charge is 0.199 e. The summed E-state index contributed by atoms with van der Waals surface area (Å²) in [5, 5.41) is 8.01. The normalized spacial score (nSPS) is 7.89. The number of hydrogen-bond donors (Lipinski definition) is 2. The standard InChI is InChI=1S/C3H3ClN2.C2H6O/c4-3-5-1-2-6-3;1-2-3/h1-2H,(H,5,6);3H,2H2,1H3. The molecule has 52 valence electrons. The van der Waals surface area contributed by atoms with Gasteiger partial charge in [-0.15, -0.1) is 0 Å². The lowest BCUT2D eigenvalue weighted by atomic mass is 10.9. The number of hydrogen-bond acceptors (Lipinski definition) is 2. The quantitative estimate of drug-likeness (QED) is 0.578. The van der Waals surface area contributed by atoms with Gasteiger partial charge in [-0.3, -0.25) is 0 Å². The zero-order valence-electron chi connectivity index (χ0n) is 5.13. The minimum Gasteiger partial charge on any atom is -0.397 e. The molecule has 3 nitrogen and oxygen atoms in total. The lowest BCUT2D eigenvalue weighted by Gasteiger charge is -1.64. The van der Waals surface area contributed by atoms with Gasteiger partial charge >= 0.3 is 0 Å². The number of halogens is 1. The van der Waals surface area contributed by atoms with Crippen molar-refractivity contribution >= 4 is 11.6 Å². The third-order valence-electron chi connectivity index (χ3n) is 0.465. The molecule has 0 bridgehead atoms. The molecule has 1 heterocycles. The number of H-pyrrole nitrogens is 1. The number of nitrogens with zero attached hydrogens (tertiary/aromatic N) is 1. The molecule has 4 heteroatoms. The van der Waals surface area contributed by atoms with E-state index in [2.05, 4.69) is 9.97 Å². The summed E-state index contributed by atoms with van der Waals surface area (Å²) >= 11 is 5.29. The molecule has 0 fully saturated rings. The van der Waals surface area contributed by atoms with Crippen LogP contribution in [0.15, 0.2) is 12.4 Å². The fourth-order valence-electron chi connectivity index (χ4n) is 0.246. The molecule has 0 aliphatic rings. The minimum absolute atomic E-state index is 0.250. The molecule has 0 amide bonds. The SMILES string of the molecule is CCO.Clc1ncc[nH]1. The van der Waals surface area contributed by atoms with Crippen LogP contribution in [0.25, 0.3) is 0 Å². The summed E-state index contributed by atoms with van der Waals surface area (Å²) in [4.78, 5) is 6.28. The average molecular weight is 149 g/mol. The number of aromatic amines is 1. The summed E-state index contributed by atoms with van der Waals surface area (Å²) < 4.78 is 0. The van der Waals surface area contributed by atoms with Crippen LogP contribution in [-0.4, -0.2) is 21.7 Å². The molecule has 0 radical (unpaired) electrons. The molecule has 1 aromatic rings. The molecule has 0 aromatic carbocycles. The van der Waals surface area contributed by atoms with Crippen LogP contribution in [0.1, 0.15) is 6.92 Å². The first kappa shape index (κ1) is 8.46. The first-order valence-electron chi connectivity index (χ1n) is 2.57. The summed E-state index contributed by atoms with van der Waals surface area (Å²) in [6.45, 7) is 1.93. The van der Waals surface area contributed by atoms with E-state index < -0.39 is 0 Å². The maximum Gasteiger partial charge on any atom is 0.199 e. The highest BCUT2D eigenvalue weighted by atomic mass is 35.5. The van der Waals surface area contributed by atoms with Gasteiger partial charge in [0.1, 0.15) is 0 Å². The van der Waals surface area contributed by atoms with Crippen LogP contribution in [0.2, 0.25) is 5.28 Å². The molecule has 0 unspecified atom stereocenters. The van der Waals surface area contributed by atoms with Crippen LogP contribution in [0, 0.1) is 0 Å². The van der Waals surface area contributed by atoms with E-state index in [0.29, 0.717) is 5.28 Å². The lowest BCUT2D eigenvalue weighted by molar-refractivity contribution is 0.318. The van der Waals surface area contributed by atoms with E-state index in [1.165, 1.54) is 0 Å². The molecule has 1 aromatic heterocycles. The maximum absolute atomic E-state index is 7.57. The van der Waals surface area contributed by atoms with Crippen molar-refractivity contribution in [2.24, 2.45) is 0 Å². The van der Waals surface area contributed by atoms with Gasteiger partial charge in [0.05, 0.1) is 0 Å². The topological polar surface area (TPSA) is 48.9 Å². The van der Waals surface area contributed by atoms with Gasteiger partial charge in [0.25, 0.3) is 0 Å². The molecule has 0 saturated carbocycles. The number of aromatic nitrogens is 2. The second-order valence-electron chi connectivity index (χ2n) is 1.20. The Bertz CT molecular complexity index is 130. The molecule has 1 rings (SSSR count). The van der Waals surface area contributed by atoms with E-state index in [9.17, 15) is 0 Å². The molecule has 0 saturated heterocycles. The predicted octanol–water partition coefficient (Wildman–Crippen LogP) is 1.06. The third kappa shape index (κ3) is 5.33. The Balaban J connectivity index is 0.000000187. The number of nitrogens with one attached hydrogen (secondary N) is 1. The second-order valence-corrected chi connectivity index (χ2v) is 1.55. The third-order valence-corrected chi connectivity index (χ3v) is 0.672. The van der Waals surface area contributed by atoms with Gasteiger partial charge in [0.2, 0.25) is 0 Å². The molecule has 9 heavy (non-hydrogen) atoms. The lowest BCUT2D eigenvalue weighted by Crippen LogP contribution is -1.57. The van der Waals surface area contributed by atoms with Crippen LogP contribution in [0.4, 0.5) is 0 Å². The van der Waals surface area contributed by atoms with Crippen molar-refractivity contribution in [2.45, 2.75) is 6.92 Å². The van der Waals surface area contributed by atoms with Gasteiger partial charge < -0.3 is 10.1 Å². The summed E-state index contributed by atoms with van der Waals surface area (Å²) in [6.07, 6.45) is 3.27. The average Bonchev–Trinajstić information content (AvgIpc) is 2.20. The summed E-state index contributed by atoms with van der Waals surface area (Å²) in [7, 11) is 0. The number of rotatable bonds is 0. The van der Waals surface area contributed by atoms with E-state index >= 15 is 0 Å². The molecule has 0 aliphatic carbocycles. The van der Waals surface area contributed by atoms with Crippen molar-refractivity contribution in [3.63, 3.8) is 0 Å². The second kappa shape index (κ2) is 5.59. The number of aliphatic hydroxyl groups excluding tert-OH is 1. The fraction of sp³-hybridized carbons (Fsp3) is 0.400. The molecular weight excluding hydrogens is 140 g/mol. The first-order chi connectivity index (χ1) is 4.31. The van der Waals surface area contributed by atoms with Gasteiger partial charge in [-0.25, -0.2) is 4.98 Å². The molecule has 0 spiro atoms. The van der Waals surface area contributed by atoms with Crippen molar-refractivity contribution in [3.05, 3.63) is 17.7 Å². The van der Waals surface area contributed by atoms with Crippen molar-refractivity contribution in [3.8, 4) is 0 Å². The first-order valence-corrected chi connectivity index (χ1v) is 2.94. The molecule has 0 atom stereocenters. The van der Waals surface area contributed by atoms with Crippen molar-refractivity contribution in [1.29, 1.82) is 0 Å². The van der Waals surface area contributed by atoms with Gasteiger partial charge in [0.15, 0.2) is 5.28 Å². The van der Waals surface area contributed by atoms with E-state index in [-0.39, 0.29) is 6.61 Å². The summed E-state index contributed by atoms with van der Waals surface area (Å²) in [5.74, 6) is 0. The van der Waals surface area contributed by atoms with Crippen molar-refractivity contribution < 1.29 is 5.11 Å². The summed E-state index contributed by atoms with van der Waals surface area (Å²) in [6, 6.07) is 0. The van der Waals surface area contributed by atoms with E-state index in [4.69, 9.17) is 16.7 Å². The predicted molar refractivity (Wildman–Crippen MR) is 36.4 cm³/mol. The van der Waals surface area contributed by atoms with Crippen molar-refractivity contribution in [2.75, 3.05) is 6.61 Å². The van der Waals surface area contributed by atoms with Crippen LogP contribution < -0.4 is 0 Å². The number of imidazole rings is 1. The molecule has 2 N–H and O–H groups in total. The Morgan fingerprint density at radius 2 is 2.44 bits per heavy atom. The van der Waals surface area contributed by atoms with Gasteiger partial charge in [-0.05, 0) is 18.5 Å². The van der Waals surface area contributed by atoms with Gasteiger partial charge in [0, 0.05) is 19.0 Å². The molecule has 0 aliphatic heterocycles. The van der Waals surface area contributed by atoms with Gasteiger partial charge in [-0.1, -0.05) is 0 Å². The van der Waals surface area contributed by atoms with E-state index in [1.54, 1.807) is 19.3 Å². The van der Waals surface area contributed by atoms with E-state index in [1.807, 2.05) is 0 Å². The maximum atomic E-state index is 7.57. The highest BCUT2D eigenvalue weighted by Crippen LogP contribution is 1.92. The monoisotopic (exact) mass is 148 g/mol. The molecular formula is C5H9ClN2O. The van der Waals surface area contributed by atoms with Crippen LogP contribution in [0.5, 0.6) is 0 Å². The summed E-state index contributed by atoms with van der Waals surface area (Å²) in [5.41, 5.74) is 0. The van der Waals surface area contributed by atoms with Crippen LogP contribution >= 0.6 is 11.6 Å². The largest absolute Gasteiger partial charge is 0.397 e. The zero-order valence-corrected chi connectivity index (χ0v) is 5.89. The zero-order chi connectivity index (χ0) is 7.11. The Morgan fingerprint density at radius 3 is 2.56 bits per heavy atom. The Hall–Kier alpha value is -0.540. The Morgan fingerprint density at radius 1 is 1.89 bits per heavy atom. The Labute approximate surface area is 58.7 Å². The minimum atomic E-state index is 0.250. The Kier molecular flexibility index (Phi) is 5.26. The number of aliphatic hydroxyl groups is 1. The van der Waals surface area contributed by atoms with Crippen LogP contribution in [-0.2, 0) is 0 Å².